The number of hydrogen-bond acceptors (Lipinski definition) is 2. The van der Waals surface area contributed by atoms with Crippen molar-refractivity contribution in [1.29, 1.82) is 0 Å². The number of benzene rings is 2. The highest BCUT2D eigenvalue weighted by Gasteiger charge is 2.13. The van der Waals surface area contributed by atoms with E-state index in [1.807, 2.05) is 6.92 Å². The number of alkyl halides is 1. The van der Waals surface area contributed by atoms with Gasteiger partial charge in [0.25, 0.3) is 0 Å². The third-order valence-corrected chi connectivity index (χ3v) is 3.38. The van der Waals surface area contributed by atoms with Crippen molar-refractivity contribution in [2.24, 2.45) is 0 Å². The molecule has 0 aliphatic heterocycles. The molecule has 0 amide bonds. The summed E-state index contributed by atoms with van der Waals surface area (Å²) in [5, 5.41) is 0.380. The van der Waals surface area contributed by atoms with Crippen molar-refractivity contribution < 1.29 is 18.3 Å². The summed E-state index contributed by atoms with van der Waals surface area (Å²) in [6.45, 7) is 2.64. The molecule has 0 saturated heterocycles. The Labute approximate surface area is 130 Å². The molecule has 0 bridgehead atoms. The molecule has 0 fully saturated rings. The first-order chi connectivity index (χ1) is 10.1. The fourth-order valence-electron chi connectivity index (χ4n) is 1.73. The summed E-state index contributed by atoms with van der Waals surface area (Å²) in [7, 11) is 0. The smallest absolute Gasteiger partial charge is 0.198 e. The Morgan fingerprint density at radius 1 is 1.00 bits per heavy atom. The highest BCUT2D eigenvalue weighted by Crippen LogP contribution is 2.30. The van der Waals surface area contributed by atoms with E-state index >= 15 is 0 Å². The van der Waals surface area contributed by atoms with Gasteiger partial charge < -0.3 is 9.47 Å². The van der Waals surface area contributed by atoms with Crippen molar-refractivity contribution in [3.63, 3.8) is 0 Å². The van der Waals surface area contributed by atoms with Crippen LogP contribution in [-0.2, 0) is 5.33 Å². The maximum atomic E-state index is 13.8. The zero-order valence-electron chi connectivity index (χ0n) is 11.5. The topological polar surface area (TPSA) is 18.5 Å². The predicted molar refractivity (Wildman–Crippen MR) is 81.3 cm³/mol. The minimum atomic E-state index is -0.726. The number of hydrogen-bond donors (Lipinski definition) is 0. The molecule has 2 aromatic rings. The highest BCUT2D eigenvalue weighted by atomic mass is 79.9. The van der Waals surface area contributed by atoms with Crippen LogP contribution in [0.15, 0.2) is 36.4 Å². The maximum Gasteiger partial charge on any atom is 0.198 e. The molecular formula is C16H15BrF2O2. The summed E-state index contributed by atoms with van der Waals surface area (Å²) in [6.07, 6.45) is 0.911. The van der Waals surface area contributed by atoms with Crippen molar-refractivity contribution in [3.8, 4) is 17.2 Å². The van der Waals surface area contributed by atoms with E-state index in [0.29, 0.717) is 29.0 Å². The van der Waals surface area contributed by atoms with E-state index < -0.39 is 17.4 Å². The van der Waals surface area contributed by atoms with Crippen LogP contribution in [-0.4, -0.2) is 6.61 Å². The van der Waals surface area contributed by atoms with Gasteiger partial charge in [0.05, 0.1) is 6.61 Å². The summed E-state index contributed by atoms with van der Waals surface area (Å²) < 4.78 is 38.3. The zero-order chi connectivity index (χ0) is 15.2. The van der Waals surface area contributed by atoms with Crippen LogP contribution < -0.4 is 9.47 Å². The summed E-state index contributed by atoms with van der Waals surface area (Å²) in [5.74, 6) is -0.809. The average molecular weight is 357 g/mol. The number of ether oxygens (including phenoxy) is 2. The highest BCUT2D eigenvalue weighted by molar-refractivity contribution is 9.08. The van der Waals surface area contributed by atoms with Crippen molar-refractivity contribution in [2.45, 2.75) is 18.7 Å². The SMILES string of the molecule is CCCOc1ccc(Oc2c(F)cc(CBr)cc2F)cc1. The van der Waals surface area contributed by atoms with E-state index in [1.165, 1.54) is 12.1 Å². The van der Waals surface area contributed by atoms with Crippen molar-refractivity contribution in [1.82, 2.24) is 0 Å². The Morgan fingerprint density at radius 3 is 2.10 bits per heavy atom. The second kappa shape index (κ2) is 7.41. The van der Waals surface area contributed by atoms with Crippen LogP contribution in [0.1, 0.15) is 18.9 Å². The quantitative estimate of drug-likeness (QED) is 0.641. The first kappa shape index (κ1) is 15.8. The molecule has 0 aliphatic rings. The molecule has 0 N–H and O–H groups in total. The molecule has 0 heterocycles. The van der Waals surface area contributed by atoms with Gasteiger partial charge in [0, 0.05) is 5.33 Å². The number of rotatable bonds is 6. The second-order valence-electron chi connectivity index (χ2n) is 4.44. The fourth-order valence-corrected chi connectivity index (χ4v) is 2.05. The maximum absolute atomic E-state index is 13.8. The largest absolute Gasteiger partial charge is 0.494 e. The van der Waals surface area contributed by atoms with Crippen molar-refractivity contribution in [2.75, 3.05) is 6.61 Å². The standard InChI is InChI=1S/C16H15BrF2O2/c1-2-7-20-12-3-5-13(6-4-12)21-16-14(18)8-11(10-17)9-15(16)19/h3-6,8-9H,2,7,10H2,1H3. The van der Waals surface area contributed by atoms with E-state index in [-0.39, 0.29) is 0 Å². The molecule has 0 unspecified atom stereocenters. The third kappa shape index (κ3) is 4.17. The Kier molecular flexibility index (Phi) is 5.56. The lowest BCUT2D eigenvalue weighted by Gasteiger charge is -2.10. The molecular weight excluding hydrogens is 342 g/mol. The van der Waals surface area contributed by atoms with Crippen LogP contribution in [0.4, 0.5) is 8.78 Å². The minimum Gasteiger partial charge on any atom is -0.494 e. The van der Waals surface area contributed by atoms with Crippen LogP contribution >= 0.6 is 15.9 Å². The summed E-state index contributed by atoms with van der Waals surface area (Å²) in [6, 6.07) is 9.11. The molecule has 2 rings (SSSR count). The van der Waals surface area contributed by atoms with Crippen molar-refractivity contribution >= 4 is 15.9 Å². The normalized spacial score (nSPS) is 10.5. The molecule has 2 nitrogen and oxygen atoms in total. The molecule has 0 radical (unpaired) electrons. The van der Waals surface area contributed by atoms with Crippen LogP contribution in [0.3, 0.4) is 0 Å². The van der Waals surface area contributed by atoms with Gasteiger partial charge in [0.1, 0.15) is 11.5 Å². The van der Waals surface area contributed by atoms with Crippen LogP contribution in [0, 0.1) is 11.6 Å². The van der Waals surface area contributed by atoms with Gasteiger partial charge in [0.15, 0.2) is 17.4 Å². The van der Waals surface area contributed by atoms with E-state index in [1.54, 1.807) is 24.3 Å². The molecule has 0 spiro atoms. The molecule has 0 aliphatic carbocycles. The summed E-state index contributed by atoms with van der Waals surface area (Å²) in [4.78, 5) is 0. The summed E-state index contributed by atoms with van der Waals surface area (Å²) >= 11 is 3.16. The van der Waals surface area contributed by atoms with E-state index in [4.69, 9.17) is 9.47 Å². The van der Waals surface area contributed by atoms with Gasteiger partial charge in [-0.3, -0.25) is 0 Å². The van der Waals surface area contributed by atoms with E-state index in [0.717, 1.165) is 6.42 Å². The van der Waals surface area contributed by atoms with Crippen LogP contribution in [0.2, 0.25) is 0 Å². The Morgan fingerprint density at radius 2 is 1.57 bits per heavy atom. The van der Waals surface area contributed by atoms with Crippen LogP contribution in [0.25, 0.3) is 0 Å². The lowest BCUT2D eigenvalue weighted by Crippen LogP contribution is -1.96. The van der Waals surface area contributed by atoms with Gasteiger partial charge in [-0.15, -0.1) is 0 Å². The molecule has 2 aromatic carbocycles. The van der Waals surface area contributed by atoms with Gasteiger partial charge in [-0.2, -0.15) is 0 Å². The monoisotopic (exact) mass is 356 g/mol. The molecule has 0 atom stereocenters. The van der Waals surface area contributed by atoms with Gasteiger partial charge in [-0.1, -0.05) is 22.9 Å². The molecule has 112 valence electrons. The van der Waals surface area contributed by atoms with Gasteiger partial charge in [-0.25, -0.2) is 8.78 Å². The predicted octanol–water partition coefficient (Wildman–Crippen LogP) is 5.44. The van der Waals surface area contributed by atoms with Gasteiger partial charge >= 0.3 is 0 Å². The third-order valence-electron chi connectivity index (χ3n) is 2.73. The van der Waals surface area contributed by atoms with E-state index in [9.17, 15) is 8.78 Å². The fraction of sp³-hybridized carbons (Fsp3) is 0.250. The number of halogens is 3. The second-order valence-corrected chi connectivity index (χ2v) is 5.00. The zero-order valence-corrected chi connectivity index (χ0v) is 13.1. The Bertz CT molecular complexity index is 577. The van der Waals surface area contributed by atoms with Crippen LogP contribution in [0.5, 0.6) is 17.2 Å². The lowest BCUT2D eigenvalue weighted by molar-refractivity contribution is 0.317. The minimum absolute atomic E-state index is 0.350. The first-order valence-electron chi connectivity index (χ1n) is 6.58. The lowest BCUT2D eigenvalue weighted by atomic mass is 10.2. The average Bonchev–Trinajstić information content (AvgIpc) is 2.49. The summed E-state index contributed by atoms with van der Waals surface area (Å²) in [5.41, 5.74) is 0.515. The van der Waals surface area contributed by atoms with Gasteiger partial charge in [0.2, 0.25) is 0 Å². The Balaban J connectivity index is 2.14. The first-order valence-corrected chi connectivity index (χ1v) is 7.70. The molecule has 0 aromatic heterocycles. The van der Waals surface area contributed by atoms with E-state index in [2.05, 4.69) is 15.9 Å². The molecule has 0 saturated carbocycles. The van der Waals surface area contributed by atoms with Gasteiger partial charge in [-0.05, 0) is 48.4 Å². The van der Waals surface area contributed by atoms with Crippen molar-refractivity contribution in [3.05, 3.63) is 53.6 Å². The Hall–Kier alpha value is -1.62. The molecule has 5 heteroatoms. The molecule has 21 heavy (non-hydrogen) atoms.